The first-order valence-electron chi connectivity index (χ1n) is 11.8. The number of hydrogen-bond donors (Lipinski definition) is 2. The van der Waals surface area contributed by atoms with Crippen LogP contribution in [0.5, 0.6) is 0 Å². The van der Waals surface area contributed by atoms with Crippen molar-refractivity contribution < 1.29 is 27.6 Å². The van der Waals surface area contributed by atoms with E-state index in [-0.39, 0.29) is 27.9 Å². The number of oxime groups is 1. The maximum atomic E-state index is 13.2. The Labute approximate surface area is 212 Å². The average molecular weight is 534 g/mol. The van der Waals surface area contributed by atoms with Crippen molar-refractivity contribution in [3.63, 3.8) is 0 Å². The summed E-state index contributed by atoms with van der Waals surface area (Å²) in [6.45, 7) is 3.19. The lowest BCUT2D eigenvalue weighted by Gasteiger charge is -2.25. The SMILES string of the molecule is O=C1CN(Cc2cnc(NC(=O)/C(=N/O[C@@H]3CCOC3)c3ccc(S(=O)(=O)C4CC4)cc3)s2)CCN1. The number of aromatic nitrogens is 1. The second-order valence-corrected chi connectivity index (χ2v) is 12.3. The molecule has 1 saturated carbocycles. The van der Waals surface area contributed by atoms with E-state index in [2.05, 4.69) is 20.8 Å². The molecule has 13 heteroatoms. The molecule has 2 aromatic rings. The lowest BCUT2D eigenvalue weighted by atomic mass is 10.1. The molecule has 1 aromatic heterocycles. The van der Waals surface area contributed by atoms with Crippen LogP contribution in [0.15, 0.2) is 40.5 Å². The van der Waals surface area contributed by atoms with Crippen LogP contribution in [0.25, 0.3) is 0 Å². The summed E-state index contributed by atoms with van der Waals surface area (Å²) in [5, 5.41) is 9.75. The van der Waals surface area contributed by atoms with Crippen LogP contribution in [-0.4, -0.2) is 80.0 Å². The third-order valence-corrected chi connectivity index (χ3v) is 9.26. The predicted octanol–water partition coefficient (Wildman–Crippen LogP) is 1.16. The molecular weight excluding hydrogens is 506 g/mol. The molecule has 11 nitrogen and oxygen atoms in total. The highest BCUT2D eigenvalue weighted by atomic mass is 32.2. The molecule has 36 heavy (non-hydrogen) atoms. The number of carbonyl (C=O) groups is 2. The van der Waals surface area contributed by atoms with E-state index < -0.39 is 15.7 Å². The smallest absolute Gasteiger partial charge is 0.280 e. The van der Waals surface area contributed by atoms with Crippen LogP contribution in [-0.2, 0) is 35.5 Å². The number of thiazole rings is 1. The molecule has 1 aliphatic carbocycles. The number of hydrogen-bond acceptors (Lipinski definition) is 10. The summed E-state index contributed by atoms with van der Waals surface area (Å²) in [6, 6.07) is 6.13. The van der Waals surface area contributed by atoms with Crippen LogP contribution in [0.2, 0.25) is 0 Å². The maximum absolute atomic E-state index is 13.2. The van der Waals surface area contributed by atoms with Crippen molar-refractivity contribution in [2.45, 2.75) is 42.1 Å². The summed E-state index contributed by atoms with van der Waals surface area (Å²) in [6.07, 6.45) is 3.44. The lowest BCUT2D eigenvalue weighted by Crippen LogP contribution is -2.46. The van der Waals surface area contributed by atoms with Crippen LogP contribution in [0.1, 0.15) is 29.7 Å². The minimum atomic E-state index is -3.34. The van der Waals surface area contributed by atoms with Crippen molar-refractivity contribution in [1.82, 2.24) is 15.2 Å². The molecule has 3 aliphatic rings. The van der Waals surface area contributed by atoms with Gasteiger partial charge in [0.2, 0.25) is 5.91 Å². The molecule has 2 N–H and O–H groups in total. The number of nitrogens with zero attached hydrogens (tertiary/aromatic N) is 3. The van der Waals surface area contributed by atoms with Crippen molar-refractivity contribution in [3.05, 3.63) is 40.9 Å². The van der Waals surface area contributed by atoms with E-state index in [1.54, 1.807) is 18.3 Å². The molecule has 0 radical (unpaired) electrons. The number of amides is 2. The van der Waals surface area contributed by atoms with Gasteiger partial charge in [0.25, 0.3) is 5.91 Å². The summed E-state index contributed by atoms with van der Waals surface area (Å²) < 4.78 is 30.4. The Morgan fingerprint density at radius 1 is 1.28 bits per heavy atom. The molecule has 2 aliphatic heterocycles. The zero-order valence-corrected chi connectivity index (χ0v) is 21.1. The first-order valence-corrected chi connectivity index (χ1v) is 14.2. The molecular formula is C23H27N5O6S2. The fraction of sp³-hybridized carbons (Fsp3) is 0.478. The van der Waals surface area contributed by atoms with Gasteiger partial charge in [0.05, 0.1) is 29.9 Å². The fourth-order valence-corrected chi connectivity index (χ4v) is 6.47. The maximum Gasteiger partial charge on any atom is 0.280 e. The highest BCUT2D eigenvalue weighted by molar-refractivity contribution is 7.92. The molecule has 1 atom stereocenters. The summed E-state index contributed by atoms with van der Waals surface area (Å²) in [5.74, 6) is -0.534. The van der Waals surface area contributed by atoms with Crippen LogP contribution in [0.3, 0.4) is 0 Å². The van der Waals surface area contributed by atoms with E-state index in [0.29, 0.717) is 62.8 Å². The molecule has 5 rings (SSSR count). The third-order valence-electron chi connectivity index (χ3n) is 6.09. The van der Waals surface area contributed by atoms with E-state index in [1.165, 1.54) is 23.5 Å². The van der Waals surface area contributed by atoms with Gasteiger partial charge in [-0.05, 0) is 25.0 Å². The largest absolute Gasteiger partial charge is 0.389 e. The zero-order chi connectivity index (χ0) is 25.1. The van der Waals surface area contributed by atoms with Gasteiger partial charge in [-0.15, -0.1) is 11.3 Å². The third kappa shape index (κ3) is 5.91. The molecule has 0 bridgehead atoms. The second kappa shape index (κ2) is 10.6. The molecule has 0 unspecified atom stereocenters. The van der Waals surface area contributed by atoms with E-state index in [9.17, 15) is 18.0 Å². The highest BCUT2D eigenvalue weighted by Gasteiger charge is 2.36. The van der Waals surface area contributed by atoms with Gasteiger partial charge in [-0.25, -0.2) is 13.4 Å². The number of rotatable bonds is 9. The van der Waals surface area contributed by atoms with Gasteiger partial charge < -0.3 is 14.9 Å². The van der Waals surface area contributed by atoms with Crippen molar-refractivity contribution >= 4 is 43.8 Å². The van der Waals surface area contributed by atoms with Crippen molar-refractivity contribution in [1.29, 1.82) is 0 Å². The van der Waals surface area contributed by atoms with E-state index >= 15 is 0 Å². The Balaban J connectivity index is 1.30. The molecule has 2 saturated heterocycles. The molecule has 1 aromatic carbocycles. The van der Waals surface area contributed by atoms with Crippen LogP contribution < -0.4 is 10.6 Å². The Morgan fingerprint density at radius 3 is 2.78 bits per heavy atom. The number of ether oxygens (including phenoxy) is 1. The quantitative estimate of drug-likeness (QED) is 0.362. The summed E-state index contributed by atoms with van der Waals surface area (Å²) in [7, 11) is -3.34. The standard InChI is InChI=1S/C23H27N5O6S2/c29-20-13-28(9-8-24-20)12-17-11-25-23(35-17)26-22(30)21(27-34-16-7-10-33-14-16)15-1-3-18(4-2-15)36(31,32)19-5-6-19/h1-4,11,16,19H,5-10,12-14H2,(H,24,29)(H,25,26,30)/b27-21+/t16-/m1/s1. The lowest BCUT2D eigenvalue weighted by molar-refractivity contribution is -0.124. The molecule has 3 heterocycles. The Hall–Kier alpha value is -2.87. The average Bonchev–Trinajstić information content (AvgIpc) is 3.44. The molecule has 0 spiro atoms. The van der Waals surface area contributed by atoms with Crippen molar-refractivity contribution in [3.8, 4) is 0 Å². The first-order chi connectivity index (χ1) is 17.4. The normalized spacial score (nSPS) is 21.3. The fourth-order valence-electron chi connectivity index (χ4n) is 3.96. The number of sulfone groups is 1. The van der Waals surface area contributed by atoms with Crippen LogP contribution in [0, 0.1) is 0 Å². The van der Waals surface area contributed by atoms with E-state index in [4.69, 9.17) is 9.57 Å². The number of anilines is 1. The predicted molar refractivity (Wildman–Crippen MR) is 133 cm³/mol. The molecule has 3 fully saturated rings. The van der Waals surface area contributed by atoms with E-state index in [0.717, 1.165) is 11.4 Å². The minimum Gasteiger partial charge on any atom is -0.389 e. The Bertz CT molecular complexity index is 1250. The summed E-state index contributed by atoms with van der Waals surface area (Å²) in [4.78, 5) is 37.8. The monoisotopic (exact) mass is 533 g/mol. The minimum absolute atomic E-state index is 0.0104. The zero-order valence-electron chi connectivity index (χ0n) is 19.5. The summed E-state index contributed by atoms with van der Waals surface area (Å²) in [5.41, 5.74) is 0.444. The topological polar surface area (TPSA) is 139 Å². The van der Waals surface area contributed by atoms with Gasteiger partial charge in [0.1, 0.15) is 0 Å². The number of carbonyl (C=O) groups excluding carboxylic acids is 2. The van der Waals surface area contributed by atoms with Gasteiger partial charge in [-0.2, -0.15) is 0 Å². The van der Waals surface area contributed by atoms with Gasteiger partial charge in [0, 0.05) is 42.7 Å². The highest BCUT2D eigenvalue weighted by Crippen LogP contribution is 2.33. The second-order valence-electron chi connectivity index (χ2n) is 8.95. The van der Waals surface area contributed by atoms with E-state index in [1.807, 2.05) is 4.90 Å². The van der Waals surface area contributed by atoms with Gasteiger partial charge in [0.15, 0.2) is 26.8 Å². The van der Waals surface area contributed by atoms with Crippen LogP contribution in [0.4, 0.5) is 5.13 Å². The Morgan fingerprint density at radius 2 is 2.08 bits per heavy atom. The summed E-state index contributed by atoms with van der Waals surface area (Å²) >= 11 is 1.32. The van der Waals surface area contributed by atoms with Gasteiger partial charge in [-0.1, -0.05) is 17.3 Å². The number of benzene rings is 1. The van der Waals surface area contributed by atoms with Crippen LogP contribution >= 0.6 is 11.3 Å². The number of nitrogens with one attached hydrogen (secondary N) is 2. The molecule has 2 amide bonds. The van der Waals surface area contributed by atoms with Gasteiger partial charge >= 0.3 is 0 Å². The molecule has 192 valence electrons. The Kier molecular flexibility index (Phi) is 7.32. The van der Waals surface area contributed by atoms with Crippen molar-refractivity contribution in [2.24, 2.45) is 5.16 Å². The number of piperazine rings is 1. The first kappa shape index (κ1) is 24.8. The van der Waals surface area contributed by atoms with Crippen molar-refractivity contribution in [2.75, 3.05) is 38.2 Å². The van der Waals surface area contributed by atoms with Gasteiger partial charge in [-0.3, -0.25) is 19.8 Å².